The number of ether oxygens (including phenoxy) is 1. The number of cyclic esters (lactones) is 1. The smallest absolute Gasteiger partial charge is 0.427 e. The van der Waals surface area contributed by atoms with E-state index in [4.69, 9.17) is 10.00 Å². The van der Waals surface area contributed by atoms with Crippen LogP contribution in [0.15, 0.2) is 35.3 Å². The molecule has 4 aromatic rings. The molecule has 2 atom stereocenters. The normalized spacial score (nSPS) is 18.4. The second-order valence-electron chi connectivity index (χ2n) is 10.3. The topological polar surface area (TPSA) is 113 Å². The van der Waals surface area contributed by atoms with Crippen molar-refractivity contribution >= 4 is 34.0 Å². The maximum absolute atomic E-state index is 14.2. The largest absolute Gasteiger partial charge is 0.447 e. The van der Waals surface area contributed by atoms with Gasteiger partial charge in [0, 0.05) is 23.8 Å². The number of benzene rings is 2. The molecule has 2 aromatic heterocycles. The highest BCUT2D eigenvalue weighted by Gasteiger charge is 2.38. The molecule has 0 aliphatic carbocycles. The number of nitriles is 1. The summed E-state index contributed by atoms with van der Waals surface area (Å²) < 4.78 is 75.1. The summed E-state index contributed by atoms with van der Waals surface area (Å²) in [6.45, 7) is 1.93. The van der Waals surface area contributed by atoms with Gasteiger partial charge in [0.15, 0.2) is 0 Å². The molecular weight excluding hydrogens is 595 g/mol. The van der Waals surface area contributed by atoms with E-state index in [2.05, 4.69) is 15.3 Å². The van der Waals surface area contributed by atoms with Crippen LogP contribution in [0, 0.1) is 29.9 Å². The number of thiazole rings is 1. The standard InChI is InChI=1S/C28H21F5N6O3S/c1-13-36-23-7-17(25-35-10-24(43-25)28(31,32)33)22(37-15-2-3-38-16(6-15)12-42-27(38)41)8-18(23)26(40)39(13)11-14-4-20(29)19(9-34)21(30)5-14/h4-5,7-8,10,15-16,37H,2-3,6,11-12H2,1H3/t15-,16-/m0/s1. The number of anilines is 1. The van der Waals surface area contributed by atoms with E-state index in [1.54, 1.807) is 4.90 Å². The predicted octanol–water partition coefficient (Wildman–Crippen LogP) is 5.44. The van der Waals surface area contributed by atoms with Crippen molar-refractivity contribution in [3.8, 4) is 16.6 Å². The lowest BCUT2D eigenvalue weighted by Gasteiger charge is -2.33. The van der Waals surface area contributed by atoms with Gasteiger partial charge in [-0.2, -0.15) is 18.4 Å². The number of hydrogen-bond acceptors (Lipinski definition) is 8. The molecule has 0 unspecified atom stereocenters. The Morgan fingerprint density at radius 1 is 1.19 bits per heavy atom. The summed E-state index contributed by atoms with van der Waals surface area (Å²) in [5.41, 5.74) is -0.314. The Labute approximate surface area is 244 Å². The summed E-state index contributed by atoms with van der Waals surface area (Å²) >= 11 is 0.458. The van der Waals surface area contributed by atoms with Crippen molar-refractivity contribution in [2.24, 2.45) is 0 Å². The quantitative estimate of drug-likeness (QED) is 0.297. The molecule has 6 rings (SSSR count). The number of halogens is 5. The van der Waals surface area contributed by atoms with Crippen LogP contribution in [0.1, 0.15) is 34.7 Å². The lowest BCUT2D eigenvalue weighted by molar-refractivity contribution is -0.134. The van der Waals surface area contributed by atoms with Gasteiger partial charge in [-0.1, -0.05) is 0 Å². The van der Waals surface area contributed by atoms with E-state index in [0.717, 1.165) is 18.3 Å². The van der Waals surface area contributed by atoms with Crippen molar-refractivity contribution in [1.82, 2.24) is 19.4 Å². The van der Waals surface area contributed by atoms with Gasteiger partial charge >= 0.3 is 12.3 Å². The van der Waals surface area contributed by atoms with Crippen LogP contribution in [0.25, 0.3) is 21.5 Å². The van der Waals surface area contributed by atoms with E-state index < -0.39 is 33.8 Å². The lowest BCUT2D eigenvalue weighted by Crippen LogP contribution is -2.45. The first-order chi connectivity index (χ1) is 20.4. The molecule has 2 fully saturated rings. The van der Waals surface area contributed by atoms with Crippen LogP contribution in [-0.4, -0.2) is 50.8 Å². The van der Waals surface area contributed by atoms with E-state index in [9.17, 15) is 31.5 Å². The number of carbonyl (C=O) groups is 1. The van der Waals surface area contributed by atoms with E-state index in [1.807, 2.05) is 0 Å². The zero-order valence-corrected chi connectivity index (χ0v) is 23.2. The zero-order chi connectivity index (χ0) is 30.6. The van der Waals surface area contributed by atoms with Crippen molar-refractivity contribution in [2.75, 3.05) is 18.5 Å². The van der Waals surface area contributed by atoms with Gasteiger partial charge in [-0.05, 0) is 49.6 Å². The van der Waals surface area contributed by atoms with Crippen LogP contribution >= 0.6 is 11.3 Å². The monoisotopic (exact) mass is 616 g/mol. The molecule has 2 aliphatic rings. The fourth-order valence-electron chi connectivity index (χ4n) is 5.45. The first-order valence-corrected chi connectivity index (χ1v) is 13.9. The van der Waals surface area contributed by atoms with Crippen LogP contribution in [0.5, 0.6) is 0 Å². The van der Waals surface area contributed by atoms with Gasteiger partial charge in [-0.3, -0.25) is 9.36 Å². The molecule has 15 heteroatoms. The average Bonchev–Trinajstić information content (AvgIpc) is 3.58. The van der Waals surface area contributed by atoms with Crippen LogP contribution in [0.4, 0.5) is 32.4 Å². The van der Waals surface area contributed by atoms with Crippen molar-refractivity contribution in [3.63, 3.8) is 0 Å². The fraction of sp³-hybridized carbons (Fsp3) is 0.321. The van der Waals surface area contributed by atoms with E-state index in [-0.39, 0.29) is 58.6 Å². The van der Waals surface area contributed by atoms with Crippen molar-refractivity contribution < 1.29 is 31.5 Å². The first kappa shape index (κ1) is 28.5. The first-order valence-electron chi connectivity index (χ1n) is 13.1. The zero-order valence-electron chi connectivity index (χ0n) is 22.3. The molecule has 0 saturated carbocycles. The molecule has 222 valence electrons. The molecular formula is C28H21F5N6O3S. The summed E-state index contributed by atoms with van der Waals surface area (Å²) in [5, 5.41) is 12.5. The Balaban J connectivity index is 1.43. The third-order valence-corrected chi connectivity index (χ3v) is 8.64. The van der Waals surface area contributed by atoms with Gasteiger partial charge in [0.25, 0.3) is 5.56 Å². The van der Waals surface area contributed by atoms with Crippen LogP contribution in [0.3, 0.4) is 0 Å². The minimum atomic E-state index is -4.59. The van der Waals surface area contributed by atoms with E-state index in [0.29, 0.717) is 42.0 Å². The van der Waals surface area contributed by atoms with Gasteiger partial charge in [-0.15, -0.1) is 11.3 Å². The summed E-state index contributed by atoms with van der Waals surface area (Å²) in [6, 6.07) is 6.03. The summed E-state index contributed by atoms with van der Waals surface area (Å²) in [5.74, 6) is -1.92. The van der Waals surface area contributed by atoms with Crippen LogP contribution in [0.2, 0.25) is 0 Å². The van der Waals surface area contributed by atoms with Crippen LogP contribution < -0.4 is 10.9 Å². The maximum Gasteiger partial charge on any atom is 0.427 e. The Morgan fingerprint density at radius 3 is 2.60 bits per heavy atom. The number of alkyl halides is 3. The molecule has 0 bridgehead atoms. The van der Waals surface area contributed by atoms with Gasteiger partial charge < -0.3 is 15.0 Å². The SMILES string of the molecule is Cc1nc2cc(-c3ncc(C(F)(F)F)s3)c(N[C@H]3CCN4C(=O)OC[C@@H]4C3)cc2c(=O)n1Cc1cc(F)c(C#N)c(F)c1. The predicted molar refractivity (Wildman–Crippen MR) is 146 cm³/mol. The average molecular weight is 617 g/mol. The van der Waals surface area contributed by atoms with Gasteiger partial charge in [-0.25, -0.2) is 23.5 Å². The van der Waals surface area contributed by atoms with Gasteiger partial charge in [0.05, 0.1) is 29.7 Å². The lowest BCUT2D eigenvalue weighted by atomic mass is 9.97. The molecule has 2 aliphatic heterocycles. The molecule has 43 heavy (non-hydrogen) atoms. The van der Waals surface area contributed by atoms with Crippen molar-refractivity contribution in [3.05, 3.63) is 74.3 Å². The molecule has 2 saturated heterocycles. The number of nitrogens with zero attached hydrogens (tertiary/aromatic N) is 5. The number of aryl methyl sites for hydroxylation is 1. The third-order valence-electron chi connectivity index (χ3n) is 7.56. The summed E-state index contributed by atoms with van der Waals surface area (Å²) in [7, 11) is 0. The second kappa shape index (κ2) is 10.6. The Hall–Kier alpha value is -4.58. The van der Waals surface area contributed by atoms with E-state index >= 15 is 0 Å². The number of aromatic nitrogens is 3. The van der Waals surface area contributed by atoms with Crippen molar-refractivity contribution in [1.29, 1.82) is 5.26 Å². The molecule has 0 radical (unpaired) electrons. The van der Waals surface area contributed by atoms with Gasteiger partial charge in [0.2, 0.25) is 0 Å². The molecule has 1 N–H and O–H groups in total. The van der Waals surface area contributed by atoms with E-state index in [1.165, 1.54) is 29.7 Å². The Bertz CT molecular complexity index is 1860. The number of nitrogens with one attached hydrogen (secondary N) is 1. The summed E-state index contributed by atoms with van der Waals surface area (Å²) in [6.07, 6.45) is -3.18. The molecule has 0 spiro atoms. The number of piperidine rings is 1. The minimum absolute atomic E-state index is 0.0701. The van der Waals surface area contributed by atoms with Crippen LogP contribution in [-0.2, 0) is 17.5 Å². The Kier molecular flexibility index (Phi) is 7.04. The maximum atomic E-state index is 14.2. The van der Waals surface area contributed by atoms with Gasteiger partial charge in [0.1, 0.15) is 45.6 Å². The minimum Gasteiger partial charge on any atom is -0.447 e. The van der Waals surface area contributed by atoms with Crippen molar-refractivity contribution in [2.45, 2.75) is 44.6 Å². The summed E-state index contributed by atoms with van der Waals surface area (Å²) in [4.78, 5) is 34.9. The Morgan fingerprint density at radius 2 is 1.93 bits per heavy atom. The number of rotatable bonds is 5. The second-order valence-corrected chi connectivity index (χ2v) is 11.4. The fourth-order valence-corrected chi connectivity index (χ4v) is 6.26. The highest BCUT2D eigenvalue weighted by atomic mass is 32.1. The number of hydrogen-bond donors (Lipinski definition) is 1. The molecule has 4 heterocycles. The number of fused-ring (bicyclic) bond motifs is 2. The number of carbonyl (C=O) groups excluding carboxylic acids is 1. The highest BCUT2D eigenvalue weighted by molar-refractivity contribution is 7.15. The molecule has 1 amide bonds. The third kappa shape index (κ3) is 5.27. The number of amides is 1. The highest BCUT2D eigenvalue weighted by Crippen LogP contribution is 2.40. The molecule has 2 aromatic carbocycles. The molecule has 9 nitrogen and oxygen atoms in total.